The minimum absolute atomic E-state index is 0.0976. The van der Waals surface area contributed by atoms with E-state index in [2.05, 4.69) is 11.8 Å². The highest BCUT2D eigenvalue weighted by Crippen LogP contribution is 2.34. The molecule has 0 aliphatic rings. The Balaban J connectivity index is 2.57. The monoisotopic (exact) mass is 395 g/mol. The molecule has 0 aliphatic heterocycles. The van der Waals surface area contributed by atoms with Gasteiger partial charge in [0.25, 0.3) is 0 Å². The number of terminal acetylenes is 2. The molecule has 0 saturated heterocycles. The molecular formula is C24H17N3O3. The van der Waals surface area contributed by atoms with E-state index < -0.39 is 0 Å². The van der Waals surface area contributed by atoms with Gasteiger partial charge in [0.15, 0.2) is 0 Å². The summed E-state index contributed by atoms with van der Waals surface area (Å²) in [5.74, 6) is 5.37. The Labute approximate surface area is 175 Å². The number of nitriles is 3. The standard InChI is InChI=1S/C24H17N3O3/c1-4-6-28-15-21-8-17(3)9-22(16-29-7-5-2)24(21)30-23-11-19(13-26)18(12-25)10-20(23)14-27/h1-2,8-11H,6-7,15-16H2,3H3. The van der Waals surface area contributed by atoms with E-state index in [0.717, 1.165) is 5.56 Å². The molecule has 0 saturated carbocycles. The van der Waals surface area contributed by atoms with Gasteiger partial charge in [-0.2, -0.15) is 15.8 Å². The van der Waals surface area contributed by atoms with E-state index >= 15 is 0 Å². The lowest BCUT2D eigenvalue weighted by Gasteiger charge is -2.18. The Morgan fingerprint density at radius 1 is 0.767 bits per heavy atom. The molecule has 0 N–H and O–H groups in total. The van der Waals surface area contributed by atoms with Crippen molar-refractivity contribution in [1.29, 1.82) is 15.8 Å². The number of hydrogen-bond acceptors (Lipinski definition) is 6. The van der Waals surface area contributed by atoms with Gasteiger partial charge >= 0.3 is 0 Å². The summed E-state index contributed by atoms with van der Waals surface area (Å²) < 4.78 is 17.0. The van der Waals surface area contributed by atoms with E-state index in [4.69, 9.17) is 27.1 Å². The van der Waals surface area contributed by atoms with Gasteiger partial charge in [-0.05, 0) is 13.0 Å². The van der Waals surface area contributed by atoms with Gasteiger partial charge in [0.2, 0.25) is 0 Å². The highest BCUT2D eigenvalue weighted by molar-refractivity contribution is 5.58. The van der Waals surface area contributed by atoms with Crippen molar-refractivity contribution in [3.8, 4) is 54.4 Å². The molecule has 0 fully saturated rings. The number of nitrogens with zero attached hydrogens (tertiary/aromatic N) is 3. The van der Waals surface area contributed by atoms with E-state index in [1.807, 2.05) is 37.3 Å². The van der Waals surface area contributed by atoms with Crippen LogP contribution in [0.25, 0.3) is 0 Å². The van der Waals surface area contributed by atoms with Crippen molar-refractivity contribution < 1.29 is 14.2 Å². The van der Waals surface area contributed by atoms with Crippen LogP contribution in [0, 0.1) is 65.6 Å². The molecule has 146 valence electrons. The lowest BCUT2D eigenvalue weighted by atomic mass is 10.0. The second kappa shape index (κ2) is 10.9. The summed E-state index contributed by atoms with van der Waals surface area (Å²) in [6, 6.07) is 12.3. The zero-order valence-electron chi connectivity index (χ0n) is 16.4. The zero-order chi connectivity index (χ0) is 21.9. The predicted octanol–water partition coefficient (Wildman–Crippen LogP) is 3.70. The van der Waals surface area contributed by atoms with Gasteiger partial charge < -0.3 is 14.2 Å². The Bertz CT molecular complexity index is 1110. The maximum Gasteiger partial charge on any atom is 0.146 e. The quantitative estimate of drug-likeness (QED) is 0.499. The fourth-order valence-electron chi connectivity index (χ4n) is 2.76. The van der Waals surface area contributed by atoms with Crippen LogP contribution in [0.2, 0.25) is 0 Å². The topological polar surface area (TPSA) is 99.1 Å². The molecule has 0 aromatic heterocycles. The number of rotatable bonds is 8. The highest BCUT2D eigenvalue weighted by Gasteiger charge is 2.17. The van der Waals surface area contributed by atoms with Crippen molar-refractivity contribution in [3.05, 3.63) is 57.6 Å². The minimum atomic E-state index is 0.0976. The predicted molar refractivity (Wildman–Crippen MR) is 109 cm³/mol. The van der Waals surface area contributed by atoms with Crippen molar-refractivity contribution in [3.63, 3.8) is 0 Å². The van der Waals surface area contributed by atoms with Crippen LogP contribution in [0.15, 0.2) is 24.3 Å². The first-order chi connectivity index (χ1) is 14.6. The normalized spacial score (nSPS) is 9.47. The molecule has 0 radical (unpaired) electrons. The van der Waals surface area contributed by atoms with Crippen LogP contribution >= 0.6 is 0 Å². The van der Waals surface area contributed by atoms with Crippen LogP contribution in [-0.4, -0.2) is 13.2 Å². The van der Waals surface area contributed by atoms with Crippen LogP contribution in [-0.2, 0) is 22.7 Å². The van der Waals surface area contributed by atoms with Crippen molar-refractivity contribution in [2.75, 3.05) is 13.2 Å². The third-order valence-corrected chi connectivity index (χ3v) is 3.97. The van der Waals surface area contributed by atoms with Gasteiger partial charge in [0, 0.05) is 17.2 Å². The van der Waals surface area contributed by atoms with E-state index in [-0.39, 0.29) is 48.9 Å². The molecule has 2 aromatic rings. The van der Waals surface area contributed by atoms with E-state index in [1.165, 1.54) is 12.1 Å². The lowest BCUT2D eigenvalue weighted by molar-refractivity contribution is 0.145. The molecule has 0 unspecified atom stereocenters. The zero-order valence-corrected chi connectivity index (χ0v) is 16.4. The van der Waals surface area contributed by atoms with Gasteiger partial charge in [0.1, 0.15) is 42.9 Å². The molecule has 0 amide bonds. The maximum absolute atomic E-state index is 9.49. The van der Waals surface area contributed by atoms with Gasteiger partial charge in [-0.15, -0.1) is 12.8 Å². The number of aryl methyl sites for hydroxylation is 1. The Morgan fingerprint density at radius 3 is 1.73 bits per heavy atom. The highest BCUT2D eigenvalue weighted by atomic mass is 16.5. The van der Waals surface area contributed by atoms with E-state index in [9.17, 15) is 15.8 Å². The lowest BCUT2D eigenvalue weighted by Crippen LogP contribution is -2.04. The van der Waals surface area contributed by atoms with Crippen molar-refractivity contribution in [1.82, 2.24) is 0 Å². The number of ether oxygens (including phenoxy) is 3. The molecule has 6 nitrogen and oxygen atoms in total. The van der Waals surface area contributed by atoms with Gasteiger partial charge in [-0.25, -0.2) is 0 Å². The molecule has 0 aliphatic carbocycles. The molecule has 0 atom stereocenters. The molecule has 2 aromatic carbocycles. The summed E-state index contributed by atoms with van der Waals surface area (Å²) in [4.78, 5) is 0. The van der Waals surface area contributed by atoms with Gasteiger partial charge in [-0.1, -0.05) is 29.5 Å². The minimum Gasteiger partial charge on any atom is -0.455 e. The largest absolute Gasteiger partial charge is 0.455 e. The smallest absolute Gasteiger partial charge is 0.146 e. The molecular weight excluding hydrogens is 378 g/mol. The van der Waals surface area contributed by atoms with Crippen LogP contribution in [0.4, 0.5) is 0 Å². The van der Waals surface area contributed by atoms with Crippen molar-refractivity contribution in [2.45, 2.75) is 20.1 Å². The SMILES string of the molecule is C#CCOCc1cc(C)cc(COCC#C)c1Oc1cc(C#N)c(C#N)cc1C#N. The van der Waals surface area contributed by atoms with Gasteiger partial charge in [-0.3, -0.25) is 0 Å². The van der Waals surface area contributed by atoms with Crippen molar-refractivity contribution in [2.24, 2.45) is 0 Å². The average molecular weight is 395 g/mol. The van der Waals surface area contributed by atoms with Crippen LogP contribution < -0.4 is 4.74 Å². The van der Waals surface area contributed by atoms with E-state index in [0.29, 0.717) is 16.9 Å². The molecule has 0 spiro atoms. The Hall–Kier alpha value is -4.25. The maximum atomic E-state index is 9.49. The Morgan fingerprint density at radius 2 is 1.27 bits per heavy atom. The summed E-state index contributed by atoms with van der Waals surface area (Å²) in [6.45, 7) is 2.50. The average Bonchev–Trinajstić information content (AvgIpc) is 2.75. The summed E-state index contributed by atoms with van der Waals surface area (Å²) in [6.07, 6.45) is 10.5. The number of benzene rings is 2. The van der Waals surface area contributed by atoms with Crippen molar-refractivity contribution >= 4 is 0 Å². The third kappa shape index (κ3) is 5.39. The second-order valence-electron chi connectivity index (χ2n) is 6.14. The molecule has 0 heterocycles. The van der Waals surface area contributed by atoms with Crippen LogP contribution in [0.1, 0.15) is 33.4 Å². The first-order valence-corrected chi connectivity index (χ1v) is 8.78. The molecule has 0 bridgehead atoms. The second-order valence-corrected chi connectivity index (χ2v) is 6.14. The first-order valence-electron chi connectivity index (χ1n) is 8.78. The number of hydrogen-bond donors (Lipinski definition) is 0. The van der Waals surface area contributed by atoms with Crippen LogP contribution in [0.5, 0.6) is 11.5 Å². The molecule has 6 heteroatoms. The first kappa shape index (κ1) is 22.0. The Kier molecular flexibility index (Phi) is 8.03. The fourth-order valence-corrected chi connectivity index (χ4v) is 2.76. The fraction of sp³-hybridized carbons (Fsp3) is 0.208. The summed E-state index contributed by atoms with van der Waals surface area (Å²) >= 11 is 0. The molecule has 30 heavy (non-hydrogen) atoms. The summed E-state index contributed by atoms with van der Waals surface area (Å²) in [5, 5.41) is 28.0. The summed E-state index contributed by atoms with van der Waals surface area (Å²) in [7, 11) is 0. The van der Waals surface area contributed by atoms with E-state index in [1.54, 1.807) is 0 Å². The summed E-state index contributed by atoms with van der Waals surface area (Å²) in [5.41, 5.74) is 2.65. The van der Waals surface area contributed by atoms with Crippen LogP contribution in [0.3, 0.4) is 0 Å². The van der Waals surface area contributed by atoms with Gasteiger partial charge in [0.05, 0.1) is 29.9 Å². The third-order valence-electron chi connectivity index (χ3n) is 3.97. The molecule has 2 rings (SSSR count).